The first-order chi connectivity index (χ1) is 10.5. The van der Waals surface area contributed by atoms with Crippen LogP contribution in [-0.2, 0) is 0 Å². The van der Waals surface area contributed by atoms with Gasteiger partial charge in [-0.2, -0.15) is 0 Å². The zero-order valence-electron chi connectivity index (χ0n) is 13.2. The van der Waals surface area contributed by atoms with Gasteiger partial charge in [0.1, 0.15) is 11.5 Å². The molecule has 0 heterocycles. The molecule has 2 rings (SSSR count). The second-order valence-corrected chi connectivity index (χ2v) is 5.37. The van der Waals surface area contributed by atoms with E-state index in [0.29, 0.717) is 10.9 Å². The molecule has 5 heteroatoms. The normalized spacial score (nSPS) is 10.0. The van der Waals surface area contributed by atoms with Crippen molar-refractivity contribution in [3.8, 4) is 11.5 Å². The predicted octanol–water partition coefficient (Wildman–Crippen LogP) is 4.13. The molecule has 0 aliphatic heterocycles. The summed E-state index contributed by atoms with van der Waals surface area (Å²) in [5, 5.41) is 6.86. The molecule has 0 aliphatic carbocycles. The summed E-state index contributed by atoms with van der Waals surface area (Å²) >= 11 is 5.39. The minimum absolute atomic E-state index is 0.500. The molecule has 0 amide bonds. The summed E-state index contributed by atoms with van der Waals surface area (Å²) in [7, 11) is 3.24. The Kier molecular flexibility index (Phi) is 5.22. The number of anilines is 2. The Bertz CT molecular complexity index is 686. The lowest BCUT2D eigenvalue weighted by atomic mass is 10.1. The van der Waals surface area contributed by atoms with Gasteiger partial charge in [0, 0.05) is 11.8 Å². The van der Waals surface area contributed by atoms with E-state index in [0.717, 1.165) is 22.7 Å². The van der Waals surface area contributed by atoms with Crippen LogP contribution >= 0.6 is 12.2 Å². The fourth-order valence-electron chi connectivity index (χ4n) is 2.06. The topological polar surface area (TPSA) is 42.5 Å². The van der Waals surface area contributed by atoms with Gasteiger partial charge in [-0.1, -0.05) is 12.1 Å². The van der Waals surface area contributed by atoms with E-state index in [9.17, 15) is 0 Å². The van der Waals surface area contributed by atoms with Crippen molar-refractivity contribution in [2.75, 3.05) is 24.9 Å². The molecular weight excluding hydrogens is 296 g/mol. The van der Waals surface area contributed by atoms with Gasteiger partial charge in [0.2, 0.25) is 0 Å². The van der Waals surface area contributed by atoms with Crippen molar-refractivity contribution in [2.24, 2.45) is 0 Å². The highest BCUT2D eigenvalue weighted by atomic mass is 32.1. The van der Waals surface area contributed by atoms with Gasteiger partial charge in [0.15, 0.2) is 5.11 Å². The van der Waals surface area contributed by atoms with E-state index < -0.39 is 0 Å². The van der Waals surface area contributed by atoms with Crippen molar-refractivity contribution < 1.29 is 9.47 Å². The van der Waals surface area contributed by atoms with E-state index in [2.05, 4.69) is 28.8 Å². The standard InChI is InChI=1S/C17H20N2O2S/c1-11-5-6-12(2)14(9-11)18-17(22)19-15-10-13(20-3)7-8-16(15)21-4/h5-10H,1-4H3,(H2,18,19,22). The third kappa shape index (κ3) is 3.89. The van der Waals surface area contributed by atoms with Crippen molar-refractivity contribution in [3.63, 3.8) is 0 Å². The van der Waals surface area contributed by atoms with Gasteiger partial charge in [-0.25, -0.2) is 0 Å². The first kappa shape index (κ1) is 16.1. The minimum atomic E-state index is 0.500. The van der Waals surface area contributed by atoms with Crippen LogP contribution in [0.25, 0.3) is 0 Å². The van der Waals surface area contributed by atoms with E-state index in [1.807, 2.05) is 32.0 Å². The molecule has 116 valence electrons. The average Bonchev–Trinajstić information content (AvgIpc) is 2.50. The third-order valence-electron chi connectivity index (χ3n) is 3.30. The number of rotatable bonds is 4. The highest BCUT2D eigenvalue weighted by Crippen LogP contribution is 2.29. The van der Waals surface area contributed by atoms with E-state index in [4.69, 9.17) is 21.7 Å². The molecule has 0 radical (unpaired) electrons. The molecule has 0 fully saturated rings. The number of ether oxygens (including phenoxy) is 2. The number of hydrogen-bond acceptors (Lipinski definition) is 3. The number of nitrogens with one attached hydrogen (secondary N) is 2. The lowest BCUT2D eigenvalue weighted by Crippen LogP contribution is -2.20. The van der Waals surface area contributed by atoms with Crippen molar-refractivity contribution in [3.05, 3.63) is 47.5 Å². The zero-order chi connectivity index (χ0) is 16.1. The van der Waals surface area contributed by atoms with Crippen molar-refractivity contribution >= 4 is 28.7 Å². The predicted molar refractivity (Wildman–Crippen MR) is 95.3 cm³/mol. The molecule has 0 bridgehead atoms. The maximum Gasteiger partial charge on any atom is 0.175 e. The summed E-state index contributed by atoms with van der Waals surface area (Å²) in [6.45, 7) is 4.09. The van der Waals surface area contributed by atoms with Crippen LogP contribution in [0.15, 0.2) is 36.4 Å². The molecule has 0 unspecified atom stereocenters. The van der Waals surface area contributed by atoms with Crippen LogP contribution in [0.5, 0.6) is 11.5 Å². The Balaban J connectivity index is 2.16. The van der Waals surface area contributed by atoms with E-state index in [1.54, 1.807) is 14.2 Å². The van der Waals surface area contributed by atoms with Gasteiger partial charge < -0.3 is 20.1 Å². The lowest BCUT2D eigenvalue weighted by molar-refractivity contribution is 0.405. The van der Waals surface area contributed by atoms with E-state index >= 15 is 0 Å². The van der Waals surface area contributed by atoms with Crippen LogP contribution < -0.4 is 20.1 Å². The molecule has 2 aromatic carbocycles. The Hall–Kier alpha value is -2.27. The SMILES string of the molecule is COc1ccc(OC)c(NC(=S)Nc2cc(C)ccc2C)c1. The first-order valence-electron chi connectivity index (χ1n) is 6.90. The zero-order valence-corrected chi connectivity index (χ0v) is 14.0. The highest BCUT2D eigenvalue weighted by molar-refractivity contribution is 7.80. The second-order valence-electron chi connectivity index (χ2n) is 4.96. The third-order valence-corrected chi connectivity index (χ3v) is 3.50. The summed E-state index contributed by atoms with van der Waals surface area (Å²) in [6.07, 6.45) is 0. The molecule has 4 nitrogen and oxygen atoms in total. The second kappa shape index (κ2) is 7.13. The average molecular weight is 316 g/mol. The Morgan fingerprint density at radius 1 is 0.909 bits per heavy atom. The summed E-state index contributed by atoms with van der Waals surface area (Å²) < 4.78 is 10.6. The molecule has 2 aromatic rings. The quantitative estimate of drug-likeness (QED) is 0.830. The summed E-state index contributed by atoms with van der Waals surface area (Å²) in [5.74, 6) is 1.43. The van der Waals surface area contributed by atoms with Crippen molar-refractivity contribution in [2.45, 2.75) is 13.8 Å². The van der Waals surface area contributed by atoms with Crippen molar-refractivity contribution in [1.29, 1.82) is 0 Å². The molecule has 0 saturated carbocycles. The van der Waals surface area contributed by atoms with Crippen LogP contribution in [0.4, 0.5) is 11.4 Å². The van der Waals surface area contributed by atoms with Crippen LogP contribution in [-0.4, -0.2) is 19.3 Å². The fourth-order valence-corrected chi connectivity index (χ4v) is 2.28. The monoisotopic (exact) mass is 316 g/mol. The molecule has 22 heavy (non-hydrogen) atoms. The number of benzene rings is 2. The summed E-state index contributed by atoms with van der Waals surface area (Å²) in [5.41, 5.74) is 4.05. The summed E-state index contributed by atoms with van der Waals surface area (Å²) in [4.78, 5) is 0. The van der Waals surface area contributed by atoms with Crippen LogP contribution in [0.1, 0.15) is 11.1 Å². The highest BCUT2D eigenvalue weighted by Gasteiger charge is 2.08. The smallest absolute Gasteiger partial charge is 0.175 e. The van der Waals surface area contributed by atoms with Gasteiger partial charge >= 0.3 is 0 Å². The first-order valence-corrected chi connectivity index (χ1v) is 7.31. The minimum Gasteiger partial charge on any atom is -0.497 e. The number of aryl methyl sites for hydroxylation is 2. The Morgan fingerprint density at radius 3 is 2.32 bits per heavy atom. The Labute approximate surface area is 136 Å². The molecule has 0 aromatic heterocycles. The van der Waals surface area contributed by atoms with Gasteiger partial charge in [-0.15, -0.1) is 0 Å². The lowest BCUT2D eigenvalue weighted by Gasteiger charge is -2.15. The van der Waals surface area contributed by atoms with Gasteiger partial charge in [0.05, 0.1) is 19.9 Å². The van der Waals surface area contributed by atoms with E-state index in [-0.39, 0.29) is 0 Å². The maximum absolute atomic E-state index is 5.39. The molecule has 0 saturated heterocycles. The number of methoxy groups -OCH3 is 2. The van der Waals surface area contributed by atoms with Gasteiger partial charge in [0.25, 0.3) is 0 Å². The molecular formula is C17H20N2O2S. The molecule has 0 atom stereocenters. The maximum atomic E-state index is 5.39. The molecule has 0 aliphatic rings. The summed E-state index contributed by atoms with van der Waals surface area (Å²) in [6, 6.07) is 11.7. The number of hydrogen-bond donors (Lipinski definition) is 2. The van der Waals surface area contributed by atoms with Crippen LogP contribution in [0.3, 0.4) is 0 Å². The fraction of sp³-hybridized carbons (Fsp3) is 0.235. The van der Waals surface area contributed by atoms with Gasteiger partial charge in [-0.3, -0.25) is 0 Å². The van der Waals surface area contributed by atoms with E-state index in [1.165, 1.54) is 5.56 Å². The van der Waals surface area contributed by atoms with Crippen molar-refractivity contribution in [1.82, 2.24) is 0 Å². The van der Waals surface area contributed by atoms with Crippen LogP contribution in [0.2, 0.25) is 0 Å². The number of thiocarbonyl (C=S) groups is 1. The largest absolute Gasteiger partial charge is 0.497 e. The molecule has 2 N–H and O–H groups in total. The van der Waals surface area contributed by atoms with Gasteiger partial charge in [-0.05, 0) is 55.4 Å². The van der Waals surface area contributed by atoms with Crippen LogP contribution in [0, 0.1) is 13.8 Å². The molecule has 0 spiro atoms. The Morgan fingerprint density at radius 2 is 1.64 bits per heavy atom.